The Bertz CT molecular complexity index is 62.8. The van der Waals surface area contributed by atoms with Crippen LogP contribution in [0.1, 0.15) is 27.7 Å². The third kappa shape index (κ3) is 58.5. The summed E-state index contributed by atoms with van der Waals surface area (Å²) in [4.78, 5) is 0. The van der Waals surface area contributed by atoms with E-state index in [2.05, 4.69) is 6.58 Å². The Morgan fingerprint density at radius 2 is 1.40 bits per heavy atom. The molecule has 0 atom stereocenters. The molecule has 0 unspecified atom stereocenters. The fraction of sp³-hybridized carbons (Fsp3) is 0.444. The van der Waals surface area contributed by atoms with Gasteiger partial charge in [-0.1, -0.05) is 46.4 Å². The van der Waals surface area contributed by atoms with Crippen molar-refractivity contribution in [3.05, 3.63) is 24.8 Å². The fourth-order valence-corrected chi connectivity index (χ4v) is 0.134. The van der Waals surface area contributed by atoms with E-state index >= 15 is 0 Å². The molecule has 60 valence electrons. The van der Waals surface area contributed by atoms with E-state index in [0.29, 0.717) is 0 Å². The maximum Gasteiger partial charge on any atom is 0.0177 e. The highest BCUT2D eigenvalue weighted by molar-refractivity contribution is 5.67. The topological polar surface area (TPSA) is 23.9 Å². The van der Waals surface area contributed by atoms with Gasteiger partial charge in [-0.2, -0.15) is 0 Å². The predicted molar refractivity (Wildman–Crippen MR) is 50.8 cm³/mol. The third-order valence-corrected chi connectivity index (χ3v) is 0.343. The van der Waals surface area contributed by atoms with Gasteiger partial charge in [0.1, 0.15) is 0 Å². The lowest BCUT2D eigenvalue weighted by Gasteiger charge is -1.59. The number of allylic oxidation sites excluding steroid dienone is 3. The molecule has 0 fully saturated rings. The molecule has 0 aromatic carbocycles. The summed E-state index contributed by atoms with van der Waals surface area (Å²) in [6.07, 6.45) is 6.15. The van der Waals surface area contributed by atoms with Crippen LogP contribution in [0.25, 0.3) is 0 Å². The van der Waals surface area contributed by atoms with Crippen molar-refractivity contribution in [3.63, 3.8) is 0 Å². The highest BCUT2D eigenvalue weighted by atomic mass is 14.3. The van der Waals surface area contributed by atoms with E-state index in [1.807, 2.05) is 27.7 Å². The Labute approximate surface area is 65.0 Å². The lowest BCUT2D eigenvalue weighted by molar-refractivity contribution is 1.50. The van der Waals surface area contributed by atoms with Gasteiger partial charge in [0, 0.05) is 6.21 Å². The smallest absolute Gasteiger partial charge is 0.0177 e. The molecule has 1 nitrogen and oxygen atoms in total. The molecule has 0 aliphatic rings. The first kappa shape index (κ1) is 16.1. The van der Waals surface area contributed by atoms with Crippen LogP contribution in [0.4, 0.5) is 0 Å². The second-order valence-corrected chi connectivity index (χ2v) is 0.787. The first-order chi connectivity index (χ1) is 4.91. The van der Waals surface area contributed by atoms with Crippen molar-refractivity contribution in [3.8, 4) is 0 Å². The second kappa shape index (κ2) is 42.0. The summed E-state index contributed by atoms with van der Waals surface area (Å²) in [7, 11) is 0. The zero-order chi connectivity index (χ0) is 8.83. The molecule has 0 spiro atoms. The van der Waals surface area contributed by atoms with E-state index in [-0.39, 0.29) is 0 Å². The van der Waals surface area contributed by atoms with Gasteiger partial charge in [0.2, 0.25) is 0 Å². The maximum absolute atomic E-state index is 6.45. The quantitative estimate of drug-likeness (QED) is 0.450. The molecule has 10 heavy (non-hydrogen) atoms. The largest absolute Gasteiger partial charge is 0.309 e. The zero-order valence-corrected chi connectivity index (χ0v) is 7.52. The summed E-state index contributed by atoms with van der Waals surface area (Å²) < 4.78 is 0. The van der Waals surface area contributed by atoms with Crippen molar-refractivity contribution in [1.29, 1.82) is 5.41 Å². The lowest BCUT2D eigenvalue weighted by atomic mass is 10.5. The summed E-state index contributed by atoms with van der Waals surface area (Å²) >= 11 is 0. The van der Waals surface area contributed by atoms with Crippen LogP contribution < -0.4 is 0 Å². The van der Waals surface area contributed by atoms with Crippen LogP contribution in [-0.2, 0) is 0 Å². The minimum absolute atomic E-state index is 1.21. The minimum atomic E-state index is 1.21. The summed E-state index contributed by atoms with van der Waals surface area (Å²) in [6.45, 7) is 11.4. The molecule has 0 aliphatic heterocycles. The van der Waals surface area contributed by atoms with Crippen LogP contribution in [0.3, 0.4) is 0 Å². The van der Waals surface area contributed by atoms with Crippen LogP contribution >= 0.6 is 0 Å². The first-order valence-electron chi connectivity index (χ1n) is 3.70. The Hall–Kier alpha value is -0.850. The molecule has 0 radical (unpaired) electrons. The summed E-state index contributed by atoms with van der Waals surface area (Å²) in [5.74, 6) is 0. The molecular formula is C9H19N. The van der Waals surface area contributed by atoms with Gasteiger partial charge in [-0.25, -0.2) is 0 Å². The molecule has 0 saturated carbocycles. The zero-order valence-electron chi connectivity index (χ0n) is 7.52. The van der Waals surface area contributed by atoms with Crippen LogP contribution in [0.5, 0.6) is 0 Å². The molecule has 0 aliphatic carbocycles. The molecule has 0 saturated heterocycles. The van der Waals surface area contributed by atoms with E-state index < -0.39 is 0 Å². The van der Waals surface area contributed by atoms with Gasteiger partial charge in [0.25, 0.3) is 0 Å². The molecule has 1 N–H and O–H groups in total. The van der Waals surface area contributed by atoms with Crippen molar-refractivity contribution in [2.75, 3.05) is 0 Å². The van der Waals surface area contributed by atoms with E-state index in [4.69, 9.17) is 5.41 Å². The van der Waals surface area contributed by atoms with Gasteiger partial charge in [0.15, 0.2) is 0 Å². The average molecular weight is 141 g/mol. The molecule has 0 heterocycles. The highest BCUT2D eigenvalue weighted by Gasteiger charge is 1.48. The first-order valence-corrected chi connectivity index (χ1v) is 3.70. The van der Waals surface area contributed by atoms with Gasteiger partial charge in [-0.15, -0.1) is 0 Å². The molecule has 0 aromatic rings. The number of hydrogen-bond acceptors (Lipinski definition) is 1. The van der Waals surface area contributed by atoms with E-state index in [1.165, 1.54) is 6.21 Å². The van der Waals surface area contributed by atoms with Crippen LogP contribution in [0.2, 0.25) is 0 Å². The van der Waals surface area contributed by atoms with Gasteiger partial charge < -0.3 is 5.41 Å². The second-order valence-electron chi connectivity index (χ2n) is 0.787. The number of nitrogens with one attached hydrogen (secondary N) is 1. The third-order valence-electron chi connectivity index (χ3n) is 0.343. The van der Waals surface area contributed by atoms with Gasteiger partial charge in [-0.3, -0.25) is 0 Å². The van der Waals surface area contributed by atoms with Crippen LogP contribution in [0, 0.1) is 5.41 Å². The SMILES string of the molecule is C=C/C=C\C=N.CC.CC. The molecule has 1 heteroatoms. The minimum Gasteiger partial charge on any atom is -0.309 e. The van der Waals surface area contributed by atoms with Crippen molar-refractivity contribution < 1.29 is 0 Å². The Morgan fingerprint density at radius 1 is 1.00 bits per heavy atom. The average Bonchev–Trinajstić information content (AvgIpc) is 2.08. The highest BCUT2D eigenvalue weighted by Crippen LogP contribution is 1.63. The molecular weight excluding hydrogens is 122 g/mol. The number of hydrogen-bond donors (Lipinski definition) is 1. The van der Waals surface area contributed by atoms with E-state index in [9.17, 15) is 0 Å². The molecule has 0 bridgehead atoms. The summed E-state index contributed by atoms with van der Waals surface area (Å²) in [5, 5.41) is 6.45. The van der Waals surface area contributed by atoms with Crippen molar-refractivity contribution in [2.24, 2.45) is 0 Å². The standard InChI is InChI=1S/C5H7N.2C2H6/c1-2-3-4-5-6;2*1-2/h2-6H,1H2;2*1-2H3/b4-3-,6-5?;;. The van der Waals surface area contributed by atoms with Crippen molar-refractivity contribution in [1.82, 2.24) is 0 Å². The lowest BCUT2D eigenvalue weighted by Crippen LogP contribution is -1.50. The van der Waals surface area contributed by atoms with Crippen molar-refractivity contribution in [2.45, 2.75) is 27.7 Å². The van der Waals surface area contributed by atoms with E-state index in [1.54, 1.807) is 18.2 Å². The monoisotopic (exact) mass is 141 g/mol. The molecule has 0 aromatic heterocycles. The maximum atomic E-state index is 6.45. The summed E-state index contributed by atoms with van der Waals surface area (Å²) in [6, 6.07) is 0. The van der Waals surface area contributed by atoms with Crippen molar-refractivity contribution >= 4 is 6.21 Å². The molecule has 0 amide bonds. The van der Waals surface area contributed by atoms with Crippen LogP contribution in [-0.4, -0.2) is 6.21 Å². The van der Waals surface area contributed by atoms with E-state index in [0.717, 1.165) is 0 Å². The van der Waals surface area contributed by atoms with Gasteiger partial charge >= 0.3 is 0 Å². The Morgan fingerprint density at radius 3 is 1.50 bits per heavy atom. The summed E-state index contributed by atoms with van der Waals surface area (Å²) in [5.41, 5.74) is 0. The fourth-order valence-electron chi connectivity index (χ4n) is 0.134. The number of rotatable bonds is 2. The van der Waals surface area contributed by atoms with Gasteiger partial charge in [0.05, 0.1) is 0 Å². The Balaban J connectivity index is -0.000000105. The normalized spacial score (nSPS) is 6.40. The predicted octanol–water partition coefficient (Wildman–Crippen LogP) is 3.43. The van der Waals surface area contributed by atoms with Crippen LogP contribution in [0.15, 0.2) is 24.8 Å². The van der Waals surface area contributed by atoms with Gasteiger partial charge in [-0.05, 0) is 6.08 Å². The Kier molecular flexibility index (Phi) is 67.5. The molecule has 0 rings (SSSR count).